The lowest BCUT2D eigenvalue weighted by Gasteiger charge is -2.11. The average molecular weight is 442 g/mol. The molecular formula is C21H16F2N4O3S. The molecule has 4 aromatic rings. The van der Waals surface area contributed by atoms with Gasteiger partial charge < -0.3 is 9.30 Å². The summed E-state index contributed by atoms with van der Waals surface area (Å²) in [6, 6.07) is 13.6. The molecule has 10 heteroatoms. The van der Waals surface area contributed by atoms with Crippen LogP contribution in [0.4, 0.5) is 14.5 Å². The van der Waals surface area contributed by atoms with Crippen molar-refractivity contribution in [3.8, 4) is 17.4 Å². The van der Waals surface area contributed by atoms with Gasteiger partial charge in [-0.1, -0.05) is 0 Å². The second kappa shape index (κ2) is 8.15. The molecule has 1 N–H and O–H groups in total. The van der Waals surface area contributed by atoms with E-state index in [-0.39, 0.29) is 5.69 Å². The van der Waals surface area contributed by atoms with Crippen LogP contribution in [0.25, 0.3) is 5.82 Å². The molecule has 31 heavy (non-hydrogen) atoms. The zero-order valence-corrected chi connectivity index (χ0v) is 17.0. The molecule has 0 saturated heterocycles. The normalized spacial score (nSPS) is 11.3. The minimum atomic E-state index is -4.22. The molecule has 0 saturated carbocycles. The molecule has 0 atom stereocenters. The lowest BCUT2D eigenvalue weighted by atomic mass is 10.3. The molecule has 4 rings (SSSR count). The molecule has 0 aliphatic heterocycles. The Kier molecular flexibility index (Phi) is 5.38. The minimum Gasteiger partial charge on any atom is -0.439 e. The van der Waals surface area contributed by atoms with Crippen molar-refractivity contribution in [1.82, 2.24) is 14.5 Å². The van der Waals surface area contributed by atoms with Crippen LogP contribution in [0.15, 0.2) is 78.0 Å². The Morgan fingerprint density at radius 1 is 0.968 bits per heavy atom. The second-order valence-electron chi connectivity index (χ2n) is 6.51. The summed E-state index contributed by atoms with van der Waals surface area (Å²) < 4.78 is 61.4. The van der Waals surface area contributed by atoms with Crippen molar-refractivity contribution in [2.24, 2.45) is 0 Å². The van der Waals surface area contributed by atoms with Crippen molar-refractivity contribution in [3.63, 3.8) is 0 Å². The lowest BCUT2D eigenvalue weighted by Crippen LogP contribution is -2.14. The van der Waals surface area contributed by atoms with Crippen LogP contribution in [-0.2, 0) is 10.0 Å². The third-order valence-electron chi connectivity index (χ3n) is 4.18. The first-order valence-corrected chi connectivity index (χ1v) is 10.5. The van der Waals surface area contributed by atoms with Crippen molar-refractivity contribution in [2.45, 2.75) is 11.8 Å². The van der Waals surface area contributed by atoms with E-state index in [1.807, 2.05) is 29.1 Å². The van der Waals surface area contributed by atoms with Crippen molar-refractivity contribution in [2.75, 3.05) is 4.72 Å². The fraction of sp³-hybridized carbons (Fsp3) is 0.0476. The molecule has 2 aromatic heterocycles. The van der Waals surface area contributed by atoms with Gasteiger partial charge in [0.2, 0.25) is 5.88 Å². The van der Waals surface area contributed by atoms with Gasteiger partial charge >= 0.3 is 0 Å². The van der Waals surface area contributed by atoms with Crippen LogP contribution in [0, 0.1) is 18.6 Å². The van der Waals surface area contributed by atoms with Crippen molar-refractivity contribution >= 4 is 15.7 Å². The van der Waals surface area contributed by atoms with Crippen LogP contribution in [-0.4, -0.2) is 23.0 Å². The number of nitrogens with zero attached hydrogens (tertiary/aromatic N) is 3. The zero-order valence-electron chi connectivity index (χ0n) is 16.2. The Labute approximate surface area is 177 Å². The first-order valence-electron chi connectivity index (χ1n) is 9.05. The Morgan fingerprint density at radius 3 is 2.35 bits per heavy atom. The van der Waals surface area contributed by atoms with Gasteiger partial charge in [-0.25, -0.2) is 22.2 Å². The summed E-state index contributed by atoms with van der Waals surface area (Å²) in [5.74, 6) is -0.154. The largest absolute Gasteiger partial charge is 0.439 e. The number of anilines is 1. The third-order valence-corrected chi connectivity index (χ3v) is 5.60. The molecule has 0 fully saturated rings. The maximum atomic E-state index is 13.8. The Morgan fingerprint density at radius 2 is 1.68 bits per heavy atom. The van der Waals surface area contributed by atoms with E-state index in [0.717, 1.165) is 12.1 Å². The Hall–Kier alpha value is -3.79. The monoisotopic (exact) mass is 442 g/mol. The molecule has 7 nitrogen and oxygen atoms in total. The fourth-order valence-electron chi connectivity index (χ4n) is 2.81. The number of aryl methyl sites for hydroxylation is 1. The van der Waals surface area contributed by atoms with E-state index in [2.05, 4.69) is 14.7 Å². The van der Waals surface area contributed by atoms with E-state index >= 15 is 0 Å². The highest BCUT2D eigenvalue weighted by Crippen LogP contribution is 2.25. The molecule has 0 amide bonds. The first kappa shape index (κ1) is 20.5. The molecule has 0 unspecified atom stereocenters. The number of rotatable bonds is 6. The second-order valence-corrected chi connectivity index (χ2v) is 8.16. The number of hydrogen-bond donors (Lipinski definition) is 1. The van der Waals surface area contributed by atoms with Gasteiger partial charge in [-0.3, -0.25) is 4.72 Å². The molecule has 0 bridgehead atoms. The molecule has 0 radical (unpaired) electrons. The van der Waals surface area contributed by atoms with E-state index in [4.69, 9.17) is 4.74 Å². The summed E-state index contributed by atoms with van der Waals surface area (Å²) in [6.07, 6.45) is 3.69. The molecule has 158 valence electrons. The number of ether oxygens (including phenoxy) is 1. The van der Waals surface area contributed by atoms with Gasteiger partial charge in [-0.2, -0.15) is 4.98 Å². The van der Waals surface area contributed by atoms with Gasteiger partial charge in [-0.05, 0) is 55.5 Å². The third kappa shape index (κ3) is 4.69. The minimum absolute atomic E-state index is 0.183. The predicted molar refractivity (Wildman–Crippen MR) is 110 cm³/mol. The number of hydrogen-bond acceptors (Lipinski definition) is 5. The summed E-state index contributed by atoms with van der Waals surface area (Å²) in [7, 11) is -4.22. The summed E-state index contributed by atoms with van der Waals surface area (Å²) in [4.78, 5) is 7.95. The number of aromatic nitrogens is 3. The summed E-state index contributed by atoms with van der Waals surface area (Å²) in [5, 5.41) is 0. The van der Waals surface area contributed by atoms with Crippen LogP contribution < -0.4 is 9.46 Å². The SMILES string of the molecule is Cc1nc(Oc2ccc(NS(=O)(=O)c3ccc(F)cc3F)cc2)cc(-n2cccc2)n1. The van der Waals surface area contributed by atoms with E-state index < -0.39 is 26.6 Å². The maximum Gasteiger partial charge on any atom is 0.264 e. The van der Waals surface area contributed by atoms with Crippen LogP contribution in [0.5, 0.6) is 11.6 Å². The number of benzene rings is 2. The summed E-state index contributed by atoms with van der Waals surface area (Å²) in [5.41, 5.74) is 0.183. The molecule has 2 heterocycles. The van der Waals surface area contributed by atoms with Crippen LogP contribution in [0.1, 0.15) is 5.82 Å². The zero-order chi connectivity index (χ0) is 22.0. The van der Waals surface area contributed by atoms with Crippen molar-refractivity contribution < 1.29 is 21.9 Å². The van der Waals surface area contributed by atoms with Crippen LogP contribution >= 0.6 is 0 Å². The number of sulfonamides is 1. The summed E-state index contributed by atoms with van der Waals surface area (Å²) >= 11 is 0. The van der Waals surface area contributed by atoms with E-state index in [0.29, 0.717) is 29.3 Å². The molecule has 0 spiro atoms. The van der Waals surface area contributed by atoms with Gasteiger partial charge in [-0.15, -0.1) is 0 Å². The topological polar surface area (TPSA) is 86.1 Å². The Bertz CT molecular complexity index is 1330. The quantitative estimate of drug-likeness (QED) is 0.477. The molecular weight excluding hydrogens is 426 g/mol. The molecule has 0 aliphatic carbocycles. The predicted octanol–water partition coefficient (Wildman–Crippen LogP) is 4.45. The molecule has 2 aromatic carbocycles. The van der Waals surface area contributed by atoms with Gasteiger partial charge in [0.15, 0.2) is 0 Å². The number of halogens is 2. The van der Waals surface area contributed by atoms with Crippen LogP contribution in [0.3, 0.4) is 0 Å². The number of nitrogens with one attached hydrogen (secondary N) is 1. The smallest absolute Gasteiger partial charge is 0.264 e. The molecule has 0 aliphatic rings. The van der Waals surface area contributed by atoms with Gasteiger partial charge in [0.25, 0.3) is 10.0 Å². The van der Waals surface area contributed by atoms with E-state index in [1.165, 1.54) is 24.3 Å². The highest BCUT2D eigenvalue weighted by molar-refractivity contribution is 7.92. The van der Waals surface area contributed by atoms with Gasteiger partial charge in [0, 0.05) is 30.2 Å². The van der Waals surface area contributed by atoms with Gasteiger partial charge in [0.05, 0.1) is 0 Å². The van der Waals surface area contributed by atoms with Crippen LogP contribution in [0.2, 0.25) is 0 Å². The highest BCUT2D eigenvalue weighted by Gasteiger charge is 2.19. The maximum absolute atomic E-state index is 13.8. The fourth-order valence-corrected chi connectivity index (χ4v) is 3.93. The lowest BCUT2D eigenvalue weighted by molar-refractivity contribution is 0.459. The standard InChI is InChI=1S/C21H16F2N4O3S/c1-14-24-20(27-10-2-3-11-27)13-21(25-14)30-17-7-5-16(6-8-17)26-31(28,29)19-9-4-15(22)12-18(19)23/h2-13,26H,1H3. The van der Waals surface area contributed by atoms with E-state index in [9.17, 15) is 17.2 Å². The van der Waals surface area contributed by atoms with E-state index in [1.54, 1.807) is 13.0 Å². The average Bonchev–Trinajstić information content (AvgIpc) is 3.23. The highest BCUT2D eigenvalue weighted by atomic mass is 32.2. The summed E-state index contributed by atoms with van der Waals surface area (Å²) in [6.45, 7) is 1.74. The van der Waals surface area contributed by atoms with Gasteiger partial charge in [0.1, 0.15) is 33.9 Å². The van der Waals surface area contributed by atoms with Crippen molar-refractivity contribution in [3.05, 3.63) is 90.5 Å². The Balaban J connectivity index is 1.51. The van der Waals surface area contributed by atoms with Crippen molar-refractivity contribution in [1.29, 1.82) is 0 Å². The first-order chi connectivity index (χ1) is 14.8.